The molecular weight excluding hydrogens is 256 g/mol. The third-order valence-electron chi connectivity index (χ3n) is 2.57. The Morgan fingerprint density at radius 3 is 2.44 bits per heavy atom. The molecule has 1 heterocycles. The van der Waals surface area contributed by atoms with Crippen molar-refractivity contribution in [3.05, 3.63) is 62.9 Å². The molecule has 6 heteroatoms. The Balaban J connectivity index is 2.32. The maximum Gasteiger partial charge on any atom is 0.433 e. The van der Waals surface area contributed by atoms with E-state index in [1.54, 1.807) is 25.2 Å². The first-order valence-corrected chi connectivity index (χ1v) is 5.66. The second kappa shape index (κ2) is 5.20. The second-order valence-corrected chi connectivity index (χ2v) is 4.14. The molecule has 5 nitrogen and oxygen atoms in total. The molecule has 0 aliphatic carbocycles. The van der Waals surface area contributed by atoms with Crippen LogP contribution in [0.5, 0.6) is 0 Å². The Morgan fingerprint density at radius 1 is 1.28 bits per heavy atom. The Bertz CT molecular complexity index is 551. The fraction of sp³-hybridized carbons (Fsp3) is 0.167. The first-order chi connectivity index (χ1) is 8.61. The van der Waals surface area contributed by atoms with Gasteiger partial charge in [0.05, 0.1) is 12.1 Å². The second-order valence-electron chi connectivity index (χ2n) is 3.71. The predicted octanol–water partition coefficient (Wildman–Crippen LogP) is 3.15. The van der Waals surface area contributed by atoms with E-state index in [1.807, 2.05) is 12.1 Å². The summed E-state index contributed by atoms with van der Waals surface area (Å²) in [5, 5.41) is 14.3. The van der Waals surface area contributed by atoms with Crippen LogP contribution in [0.2, 0.25) is 5.02 Å². The van der Waals surface area contributed by atoms with E-state index >= 15 is 0 Å². The molecule has 1 unspecified atom stereocenters. The Labute approximate surface area is 109 Å². The molecule has 1 N–H and O–H groups in total. The lowest BCUT2D eigenvalue weighted by Gasteiger charge is -2.13. The van der Waals surface area contributed by atoms with Crippen LogP contribution in [0.1, 0.15) is 17.4 Å². The highest BCUT2D eigenvalue weighted by Crippen LogP contribution is 2.27. The van der Waals surface area contributed by atoms with Gasteiger partial charge in [-0.2, -0.15) is 0 Å². The van der Waals surface area contributed by atoms with Crippen molar-refractivity contribution in [3.63, 3.8) is 0 Å². The minimum atomic E-state index is -0.557. The smallest absolute Gasteiger partial charge is 0.404 e. The highest BCUT2D eigenvalue weighted by atomic mass is 35.5. The molecule has 0 bridgehead atoms. The molecule has 18 heavy (non-hydrogen) atoms. The van der Waals surface area contributed by atoms with Crippen molar-refractivity contribution in [1.29, 1.82) is 0 Å². The molecule has 1 aromatic heterocycles. The van der Waals surface area contributed by atoms with E-state index in [4.69, 9.17) is 16.0 Å². The van der Waals surface area contributed by atoms with Crippen molar-refractivity contribution in [2.45, 2.75) is 6.04 Å². The van der Waals surface area contributed by atoms with Crippen molar-refractivity contribution in [3.8, 4) is 0 Å². The topological polar surface area (TPSA) is 68.3 Å². The average molecular weight is 267 g/mol. The molecule has 0 aliphatic heterocycles. The van der Waals surface area contributed by atoms with Crippen molar-refractivity contribution in [1.82, 2.24) is 5.32 Å². The number of nitrogens with zero attached hydrogens (tertiary/aromatic N) is 1. The Morgan fingerprint density at radius 2 is 1.94 bits per heavy atom. The lowest BCUT2D eigenvalue weighted by Crippen LogP contribution is -2.16. The Hall–Kier alpha value is -1.85. The number of halogens is 1. The van der Waals surface area contributed by atoms with E-state index in [0.29, 0.717) is 10.8 Å². The van der Waals surface area contributed by atoms with Gasteiger partial charge in [0.15, 0.2) is 0 Å². The van der Waals surface area contributed by atoms with Gasteiger partial charge in [0, 0.05) is 5.02 Å². The van der Waals surface area contributed by atoms with E-state index in [1.165, 1.54) is 6.07 Å². The molecule has 0 saturated heterocycles. The van der Waals surface area contributed by atoms with Gasteiger partial charge in [-0.1, -0.05) is 23.7 Å². The largest absolute Gasteiger partial charge is 0.433 e. The van der Waals surface area contributed by atoms with Crippen LogP contribution in [0, 0.1) is 10.1 Å². The molecule has 0 amide bonds. The lowest BCUT2D eigenvalue weighted by molar-refractivity contribution is -0.402. The average Bonchev–Trinajstić information content (AvgIpc) is 2.82. The number of furan rings is 1. The summed E-state index contributed by atoms with van der Waals surface area (Å²) in [4.78, 5) is 10.0. The summed E-state index contributed by atoms with van der Waals surface area (Å²) in [6, 6.07) is 9.91. The van der Waals surface area contributed by atoms with Crippen molar-refractivity contribution >= 4 is 17.5 Å². The fourth-order valence-corrected chi connectivity index (χ4v) is 1.85. The highest BCUT2D eigenvalue weighted by Gasteiger charge is 2.19. The van der Waals surface area contributed by atoms with Crippen LogP contribution in [0.3, 0.4) is 0 Å². The van der Waals surface area contributed by atoms with Gasteiger partial charge in [-0.3, -0.25) is 10.1 Å². The number of hydrogen-bond acceptors (Lipinski definition) is 4. The fourth-order valence-electron chi connectivity index (χ4n) is 1.72. The van der Waals surface area contributed by atoms with Gasteiger partial charge in [0.25, 0.3) is 0 Å². The molecule has 2 rings (SSSR count). The summed E-state index contributed by atoms with van der Waals surface area (Å²) >= 11 is 5.82. The molecule has 0 aliphatic rings. The minimum absolute atomic E-state index is 0.240. The quantitative estimate of drug-likeness (QED) is 0.682. The van der Waals surface area contributed by atoms with Gasteiger partial charge < -0.3 is 9.73 Å². The molecule has 0 fully saturated rings. The third kappa shape index (κ3) is 2.52. The molecule has 1 atom stereocenters. The molecular formula is C12H11ClN2O3. The molecule has 0 radical (unpaired) electrons. The van der Waals surface area contributed by atoms with Gasteiger partial charge in [0.2, 0.25) is 0 Å². The standard InChI is InChI=1S/C12H11ClN2O3/c1-14-12(8-2-4-9(13)5-3-8)10-6-7-11(18-10)15(16)17/h2-7,12,14H,1H3. The number of rotatable bonds is 4. The third-order valence-corrected chi connectivity index (χ3v) is 2.82. The molecule has 94 valence electrons. The van der Waals surface area contributed by atoms with Gasteiger partial charge >= 0.3 is 5.88 Å². The highest BCUT2D eigenvalue weighted by molar-refractivity contribution is 6.30. The van der Waals surface area contributed by atoms with Crippen molar-refractivity contribution < 1.29 is 9.34 Å². The summed E-state index contributed by atoms with van der Waals surface area (Å²) in [6.45, 7) is 0. The van der Waals surface area contributed by atoms with Crippen LogP contribution < -0.4 is 5.32 Å². The summed E-state index contributed by atoms with van der Waals surface area (Å²) in [5.74, 6) is 0.228. The summed E-state index contributed by atoms with van der Waals surface area (Å²) < 4.78 is 5.19. The lowest BCUT2D eigenvalue weighted by atomic mass is 10.1. The van der Waals surface area contributed by atoms with Crippen LogP contribution in [0.4, 0.5) is 5.88 Å². The number of nitrogens with one attached hydrogen (secondary N) is 1. The summed E-state index contributed by atoms with van der Waals surface area (Å²) in [6.07, 6.45) is 0. The SMILES string of the molecule is CNC(c1ccc(Cl)cc1)c1ccc([N+](=O)[O-])o1. The van der Waals surface area contributed by atoms with Crippen LogP contribution >= 0.6 is 11.6 Å². The molecule has 0 spiro atoms. The zero-order valence-electron chi connectivity index (χ0n) is 9.59. The minimum Gasteiger partial charge on any atom is -0.404 e. The van der Waals surface area contributed by atoms with Gasteiger partial charge in [0.1, 0.15) is 10.7 Å². The van der Waals surface area contributed by atoms with Crippen LogP contribution in [0.15, 0.2) is 40.8 Å². The summed E-state index contributed by atoms with van der Waals surface area (Å²) in [5.41, 5.74) is 0.922. The van der Waals surface area contributed by atoms with Gasteiger partial charge in [-0.05, 0) is 30.8 Å². The van der Waals surface area contributed by atoms with Crippen molar-refractivity contribution in [2.24, 2.45) is 0 Å². The molecule has 2 aromatic rings. The molecule has 1 aromatic carbocycles. The van der Waals surface area contributed by atoms with E-state index < -0.39 is 4.92 Å². The first-order valence-electron chi connectivity index (χ1n) is 5.28. The maximum absolute atomic E-state index is 10.6. The van der Waals surface area contributed by atoms with E-state index in [2.05, 4.69) is 5.32 Å². The van der Waals surface area contributed by atoms with Crippen LogP contribution in [-0.2, 0) is 0 Å². The predicted molar refractivity (Wildman–Crippen MR) is 67.7 cm³/mol. The van der Waals surface area contributed by atoms with E-state index in [9.17, 15) is 10.1 Å². The summed E-state index contributed by atoms with van der Waals surface area (Å²) in [7, 11) is 1.76. The van der Waals surface area contributed by atoms with E-state index in [0.717, 1.165) is 5.56 Å². The number of hydrogen-bond donors (Lipinski definition) is 1. The van der Waals surface area contributed by atoms with Gasteiger partial charge in [-0.15, -0.1) is 0 Å². The van der Waals surface area contributed by atoms with Crippen LogP contribution in [-0.4, -0.2) is 12.0 Å². The van der Waals surface area contributed by atoms with Crippen LogP contribution in [0.25, 0.3) is 0 Å². The molecule has 0 saturated carbocycles. The number of benzene rings is 1. The van der Waals surface area contributed by atoms with Gasteiger partial charge in [-0.25, -0.2) is 0 Å². The normalized spacial score (nSPS) is 12.3. The zero-order chi connectivity index (χ0) is 13.1. The van der Waals surface area contributed by atoms with E-state index in [-0.39, 0.29) is 11.9 Å². The number of nitro groups is 1. The zero-order valence-corrected chi connectivity index (χ0v) is 10.3. The van der Waals surface area contributed by atoms with Crippen molar-refractivity contribution in [2.75, 3.05) is 7.05 Å². The monoisotopic (exact) mass is 266 g/mol. The Kier molecular flexibility index (Phi) is 3.64. The maximum atomic E-state index is 10.6. The first kappa shape index (κ1) is 12.6.